The van der Waals surface area contributed by atoms with E-state index < -0.39 is 0 Å². The van der Waals surface area contributed by atoms with Crippen LogP contribution in [0.15, 0.2) is 18.2 Å². The molecule has 2 heterocycles. The number of hydrogen-bond donors (Lipinski definition) is 1. The van der Waals surface area contributed by atoms with Crippen molar-refractivity contribution in [3.05, 3.63) is 35.1 Å². The summed E-state index contributed by atoms with van der Waals surface area (Å²) in [6.45, 7) is 2.95. The third kappa shape index (κ3) is 2.70. The molecule has 0 saturated carbocycles. The van der Waals surface area contributed by atoms with Crippen LogP contribution in [0.5, 0.6) is 0 Å². The first-order valence-corrected chi connectivity index (χ1v) is 7.44. The third-order valence-electron chi connectivity index (χ3n) is 4.54. The van der Waals surface area contributed by atoms with Gasteiger partial charge in [0.25, 0.3) is 0 Å². The molecule has 0 aliphatic carbocycles. The number of nitrogens with zero attached hydrogens (tertiary/aromatic N) is 2. The van der Waals surface area contributed by atoms with Crippen LogP contribution in [0.25, 0.3) is 0 Å². The van der Waals surface area contributed by atoms with Gasteiger partial charge in [-0.25, -0.2) is 4.39 Å². The summed E-state index contributed by atoms with van der Waals surface area (Å²) in [5.41, 5.74) is 1.41. The molecule has 0 aromatic heterocycles. The number of likely N-dealkylation sites (tertiary alicyclic amines) is 1. The number of halogens is 1. The zero-order valence-electron chi connectivity index (χ0n) is 11.6. The second-order valence-corrected chi connectivity index (χ2v) is 5.80. The average Bonchev–Trinajstić information content (AvgIpc) is 3.11. The lowest BCUT2D eigenvalue weighted by molar-refractivity contribution is 0.206. The van der Waals surface area contributed by atoms with Gasteiger partial charge in [0.15, 0.2) is 0 Å². The minimum absolute atomic E-state index is 0.333. The van der Waals surface area contributed by atoms with Gasteiger partial charge >= 0.3 is 0 Å². The lowest BCUT2D eigenvalue weighted by Gasteiger charge is -2.29. The maximum Gasteiger partial charge on any atom is 0.124 e. The molecule has 0 bridgehead atoms. The fraction of sp³-hybridized carbons (Fsp3) is 0.562. The molecule has 3 nitrogen and oxygen atoms in total. The number of rotatable bonds is 3. The molecule has 20 heavy (non-hydrogen) atoms. The van der Waals surface area contributed by atoms with Crippen molar-refractivity contribution in [3.8, 4) is 6.07 Å². The van der Waals surface area contributed by atoms with Gasteiger partial charge in [-0.2, -0.15) is 5.26 Å². The van der Waals surface area contributed by atoms with Crippen LogP contribution in [0.2, 0.25) is 0 Å². The van der Waals surface area contributed by atoms with Crippen LogP contribution in [0, 0.1) is 17.1 Å². The predicted octanol–water partition coefficient (Wildman–Crippen LogP) is 2.41. The maximum atomic E-state index is 13.2. The molecule has 2 aliphatic rings. The second-order valence-electron chi connectivity index (χ2n) is 5.80. The Morgan fingerprint density at radius 2 is 2.25 bits per heavy atom. The molecule has 0 radical (unpaired) electrons. The highest BCUT2D eigenvalue weighted by Crippen LogP contribution is 2.27. The first-order valence-electron chi connectivity index (χ1n) is 7.44. The molecular formula is C16H20FN3. The minimum Gasteiger partial charge on any atom is -0.312 e. The fourth-order valence-corrected chi connectivity index (χ4v) is 3.55. The monoisotopic (exact) mass is 273 g/mol. The van der Waals surface area contributed by atoms with Crippen LogP contribution in [0.1, 0.15) is 36.8 Å². The molecule has 0 amide bonds. The molecule has 2 saturated heterocycles. The zero-order valence-corrected chi connectivity index (χ0v) is 11.6. The quantitative estimate of drug-likeness (QED) is 0.919. The number of hydrogen-bond acceptors (Lipinski definition) is 3. The normalized spacial score (nSPS) is 26.8. The molecule has 1 aromatic rings. The molecule has 2 atom stereocenters. The molecule has 1 aromatic carbocycles. The zero-order chi connectivity index (χ0) is 13.9. The van der Waals surface area contributed by atoms with Crippen molar-refractivity contribution in [2.75, 3.05) is 13.1 Å². The van der Waals surface area contributed by atoms with E-state index in [1.54, 1.807) is 6.07 Å². The van der Waals surface area contributed by atoms with Crippen molar-refractivity contribution in [1.82, 2.24) is 10.2 Å². The Hall–Kier alpha value is -1.44. The Kier molecular flexibility index (Phi) is 4.00. The molecule has 4 heteroatoms. The Labute approximate surface area is 119 Å². The molecule has 2 aliphatic heterocycles. The Balaban J connectivity index is 1.75. The van der Waals surface area contributed by atoms with E-state index in [0.717, 1.165) is 25.2 Å². The summed E-state index contributed by atoms with van der Waals surface area (Å²) < 4.78 is 13.2. The summed E-state index contributed by atoms with van der Waals surface area (Å²) in [5.74, 6) is -0.333. The highest BCUT2D eigenvalue weighted by molar-refractivity contribution is 5.38. The lowest BCUT2D eigenvalue weighted by atomic mass is 10.0. The van der Waals surface area contributed by atoms with E-state index in [2.05, 4.69) is 16.3 Å². The summed E-state index contributed by atoms with van der Waals surface area (Å²) in [4.78, 5) is 2.46. The van der Waals surface area contributed by atoms with Crippen molar-refractivity contribution in [3.63, 3.8) is 0 Å². The minimum atomic E-state index is -0.333. The Bertz CT molecular complexity index is 517. The summed E-state index contributed by atoms with van der Waals surface area (Å²) in [7, 11) is 0. The van der Waals surface area contributed by atoms with Crippen LogP contribution >= 0.6 is 0 Å². The predicted molar refractivity (Wildman–Crippen MR) is 75.6 cm³/mol. The number of nitriles is 1. The SMILES string of the molecule is N#Cc1cc(F)ccc1CN1CCCC1C1CCCN1. The van der Waals surface area contributed by atoms with E-state index in [4.69, 9.17) is 5.26 Å². The maximum absolute atomic E-state index is 13.2. The van der Waals surface area contributed by atoms with E-state index in [1.165, 1.54) is 37.8 Å². The fourth-order valence-electron chi connectivity index (χ4n) is 3.55. The molecule has 3 rings (SSSR count). The van der Waals surface area contributed by atoms with Gasteiger partial charge in [-0.1, -0.05) is 6.07 Å². The van der Waals surface area contributed by atoms with E-state index in [1.807, 2.05) is 0 Å². The van der Waals surface area contributed by atoms with Gasteiger partial charge in [0, 0.05) is 18.6 Å². The lowest BCUT2D eigenvalue weighted by Crippen LogP contribution is -2.43. The summed E-state index contributed by atoms with van der Waals surface area (Å²) in [5, 5.41) is 12.7. The van der Waals surface area contributed by atoms with E-state index in [-0.39, 0.29) is 5.82 Å². The summed E-state index contributed by atoms with van der Waals surface area (Å²) >= 11 is 0. The molecule has 106 valence electrons. The largest absolute Gasteiger partial charge is 0.312 e. The van der Waals surface area contributed by atoms with Crippen molar-refractivity contribution < 1.29 is 4.39 Å². The van der Waals surface area contributed by atoms with Gasteiger partial charge in [-0.3, -0.25) is 4.90 Å². The molecule has 0 spiro atoms. The van der Waals surface area contributed by atoms with Crippen LogP contribution < -0.4 is 5.32 Å². The van der Waals surface area contributed by atoms with Gasteiger partial charge in [0.1, 0.15) is 5.82 Å². The molecular weight excluding hydrogens is 253 g/mol. The topological polar surface area (TPSA) is 39.1 Å². The Morgan fingerprint density at radius 1 is 1.35 bits per heavy atom. The average molecular weight is 273 g/mol. The van der Waals surface area contributed by atoms with Crippen LogP contribution in [-0.4, -0.2) is 30.1 Å². The highest BCUT2D eigenvalue weighted by atomic mass is 19.1. The molecule has 1 N–H and O–H groups in total. The molecule has 2 fully saturated rings. The molecule has 2 unspecified atom stereocenters. The first kappa shape index (κ1) is 13.5. The van der Waals surface area contributed by atoms with E-state index >= 15 is 0 Å². The van der Waals surface area contributed by atoms with Crippen LogP contribution in [0.3, 0.4) is 0 Å². The smallest absolute Gasteiger partial charge is 0.124 e. The van der Waals surface area contributed by atoms with Gasteiger partial charge < -0.3 is 5.32 Å². The van der Waals surface area contributed by atoms with Gasteiger partial charge in [-0.15, -0.1) is 0 Å². The van der Waals surface area contributed by atoms with E-state index in [0.29, 0.717) is 17.6 Å². The second kappa shape index (κ2) is 5.90. The van der Waals surface area contributed by atoms with Gasteiger partial charge in [0.2, 0.25) is 0 Å². The summed E-state index contributed by atoms with van der Waals surface area (Å²) in [6.07, 6.45) is 4.94. The van der Waals surface area contributed by atoms with Crippen molar-refractivity contribution >= 4 is 0 Å². The van der Waals surface area contributed by atoms with Gasteiger partial charge in [-0.05, 0) is 56.5 Å². The number of benzene rings is 1. The van der Waals surface area contributed by atoms with E-state index in [9.17, 15) is 4.39 Å². The first-order chi connectivity index (χ1) is 9.78. The third-order valence-corrected chi connectivity index (χ3v) is 4.54. The van der Waals surface area contributed by atoms with Crippen molar-refractivity contribution in [2.24, 2.45) is 0 Å². The van der Waals surface area contributed by atoms with Crippen LogP contribution in [0.4, 0.5) is 4.39 Å². The van der Waals surface area contributed by atoms with Crippen LogP contribution in [-0.2, 0) is 6.54 Å². The Morgan fingerprint density at radius 3 is 3.00 bits per heavy atom. The van der Waals surface area contributed by atoms with Gasteiger partial charge in [0.05, 0.1) is 11.6 Å². The van der Waals surface area contributed by atoms with Crippen molar-refractivity contribution in [1.29, 1.82) is 5.26 Å². The van der Waals surface area contributed by atoms with Crippen molar-refractivity contribution in [2.45, 2.75) is 44.3 Å². The standard InChI is InChI=1S/C16H20FN3/c17-14-6-5-12(13(9-14)10-18)11-20-8-2-4-16(20)15-3-1-7-19-15/h5-6,9,15-16,19H,1-4,7-8,11H2. The highest BCUT2D eigenvalue weighted by Gasteiger charge is 2.33. The summed E-state index contributed by atoms with van der Waals surface area (Å²) in [6, 6.07) is 7.81. The number of nitrogens with one attached hydrogen (secondary N) is 1.